The molecule has 0 spiro atoms. The number of carbonyl (C=O) groups excluding carboxylic acids is 1. The van der Waals surface area contributed by atoms with Gasteiger partial charge >= 0.3 is 11.7 Å². The van der Waals surface area contributed by atoms with Crippen LogP contribution in [0.15, 0.2) is 48.8 Å². The van der Waals surface area contributed by atoms with E-state index in [0.29, 0.717) is 6.07 Å². The second-order valence-electron chi connectivity index (χ2n) is 6.66. The van der Waals surface area contributed by atoms with Gasteiger partial charge in [0, 0.05) is 18.5 Å². The maximum Gasteiger partial charge on any atom is 0.350 e. The van der Waals surface area contributed by atoms with E-state index in [1.54, 1.807) is 6.07 Å². The van der Waals surface area contributed by atoms with Crippen molar-refractivity contribution in [2.24, 2.45) is 0 Å². The molecule has 0 aromatic carbocycles. The summed E-state index contributed by atoms with van der Waals surface area (Å²) in [6.45, 7) is -2.77. The molecule has 1 amide bonds. The van der Waals surface area contributed by atoms with Crippen LogP contribution < -0.4 is 15.4 Å². The van der Waals surface area contributed by atoms with E-state index in [1.165, 1.54) is 24.4 Å². The first-order chi connectivity index (χ1) is 16.1. The van der Waals surface area contributed by atoms with Crippen LogP contribution in [-0.4, -0.2) is 27.6 Å². The van der Waals surface area contributed by atoms with Crippen molar-refractivity contribution in [3.05, 3.63) is 83.1 Å². The molecule has 33 heavy (non-hydrogen) atoms. The lowest BCUT2D eigenvalue weighted by molar-refractivity contribution is -0.899. The molecule has 3 aromatic rings. The molecule has 0 radical (unpaired) electrons. The molecule has 1 unspecified atom stereocenters. The molecule has 0 aliphatic heterocycles. The number of hydrogen-bond donors (Lipinski definition) is 3. The van der Waals surface area contributed by atoms with Gasteiger partial charge in [0.2, 0.25) is 11.7 Å². The van der Waals surface area contributed by atoms with Crippen molar-refractivity contribution < 1.29 is 33.7 Å². The zero-order valence-corrected chi connectivity index (χ0v) is 16.8. The van der Waals surface area contributed by atoms with Crippen LogP contribution in [0.5, 0.6) is 0 Å². The molecule has 0 aliphatic rings. The van der Waals surface area contributed by atoms with Gasteiger partial charge in [-0.05, 0) is 29.0 Å². The number of pyridine rings is 3. The van der Waals surface area contributed by atoms with Gasteiger partial charge in [-0.15, -0.1) is 0 Å². The van der Waals surface area contributed by atoms with Gasteiger partial charge in [-0.1, -0.05) is 6.07 Å². The average molecular weight is 462 g/mol. The van der Waals surface area contributed by atoms with Crippen molar-refractivity contribution in [1.82, 2.24) is 15.3 Å². The molecule has 3 N–H and O–H groups in total. The second kappa shape index (κ2) is 9.90. The van der Waals surface area contributed by atoms with Gasteiger partial charge in [-0.25, -0.2) is 4.39 Å². The summed E-state index contributed by atoms with van der Waals surface area (Å²) in [5, 5.41) is 23.8. The van der Waals surface area contributed by atoms with E-state index in [4.69, 9.17) is 1.37 Å². The van der Waals surface area contributed by atoms with E-state index in [2.05, 4.69) is 20.6 Å². The Hall–Kier alpha value is -4.27. The third-order valence-corrected chi connectivity index (χ3v) is 4.40. The van der Waals surface area contributed by atoms with E-state index in [1.807, 2.05) is 0 Å². The maximum atomic E-state index is 14.4. The third kappa shape index (κ3) is 5.51. The summed E-state index contributed by atoms with van der Waals surface area (Å²) < 4.78 is 64.9. The van der Waals surface area contributed by atoms with Gasteiger partial charge in [-0.2, -0.15) is 18.4 Å². The number of nitrogens with zero attached hydrogens (tertiary/aromatic N) is 4. The molecule has 3 heterocycles. The van der Waals surface area contributed by atoms with Crippen LogP contribution in [0, 0.1) is 23.0 Å². The standard InChI is InChI=1S/C21H16F4N6O2/c22-14-4-3-7-27-16(14)11-29-19(32)9-17-13(10-26)8-15(23)20(31(17)33)30-12-21(24,25)18-5-1-2-6-28-18/h1-8,33H,9,11-12H2,(H,29,32)/p+1/i11D. The number of nitriles is 1. The lowest BCUT2D eigenvalue weighted by atomic mass is 10.1. The minimum Gasteiger partial charge on any atom is -0.350 e. The van der Waals surface area contributed by atoms with Gasteiger partial charge in [0.1, 0.15) is 23.1 Å². The monoisotopic (exact) mass is 462 g/mol. The highest BCUT2D eigenvalue weighted by Gasteiger charge is 2.37. The van der Waals surface area contributed by atoms with Crippen LogP contribution in [0.1, 0.15) is 24.0 Å². The van der Waals surface area contributed by atoms with E-state index in [0.717, 1.165) is 18.3 Å². The topological polar surface area (TPSA) is 115 Å². The third-order valence-electron chi connectivity index (χ3n) is 4.40. The van der Waals surface area contributed by atoms with Crippen LogP contribution in [0.25, 0.3) is 0 Å². The highest BCUT2D eigenvalue weighted by atomic mass is 19.3. The number of rotatable bonds is 8. The Kier molecular flexibility index (Phi) is 6.58. The molecule has 0 fully saturated rings. The number of nitrogens with one attached hydrogen (secondary N) is 2. The van der Waals surface area contributed by atoms with Gasteiger partial charge in [0.25, 0.3) is 0 Å². The molecule has 0 saturated carbocycles. The minimum atomic E-state index is -3.54. The fraction of sp³-hybridized carbons (Fsp3) is 0.190. The van der Waals surface area contributed by atoms with Gasteiger partial charge in [0.05, 0.1) is 20.0 Å². The predicted molar refractivity (Wildman–Crippen MR) is 105 cm³/mol. The van der Waals surface area contributed by atoms with Crippen molar-refractivity contribution in [3.8, 4) is 6.07 Å². The molecule has 12 heteroatoms. The van der Waals surface area contributed by atoms with Crippen LogP contribution >= 0.6 is 0 Å². The highest BCUT2D eigenvalue weighted by molar-refractivity contribution is 5.78. The fourth-order valence-electron chi connectivity index (χ4n) is 2.78. The average Bonchev–Trinajstić information content (AvgIpc) is 2.81. The van der Waals surface area contributed by atoms with Crippen LogP contribution in [0.4, 0.5) is 23.4 Å². The Balaban J connectivity index is 1.81. The number of hydrogen-bond acceptors (Lipinski definition) is 6. The van der Waals surface area contributed by atoms with Gasteiger partial charge in [-0.3, -0.25) is 20.1 Å². The molecule has 170 valence electrons. The molecule has 3 rings (SSSR count). The molecule has 3 aromatic heterocycles. The Morgan fingerprint density at radius 2 is 1.97 bits per heavy atom. The van der Waals surface area contributed by atoms with E-state index in [9.17, 15) is 32.8 Å². The first-order valence-electron chi connectivity index (χ1n) is 9.93. The van der Waals surface area contributed by atoms with Crippen LogP contribution in [0.3, 0.4) is 0 Å². The maximum absolute atomic E-state index is 14.4. The Labute approximate surface area is 186 Å². The summed E-state index contributed by atoms with van der Waals surface area (Å²) >= 11 is 0. The minimum absolute atomic E-state index is 0.0717. The summed E-state index contributed by atoms with van der Waals surface area (Å²) in [4.78, 5) is 19.6. The number of carbonyl (C=O) groups is 1. The second-order valence-corrected chi connectivity index (χ2v) is 6.66. The molecule has 0 bridgehead atoms. The molecule has 0 aliphatic carbocycles. The number of aromatic nitrogens is 3. The lowest BCUT2D eigenvalue weighted by Crippen LogP contribution is -2.44. The number of alkyl halides is 2. The molecule has 0 saturated heterocycles. The van der Waals surface area contributed by atoms with E-state index >= 15 is 0 Å². The zero-order valence-electron chi connectivity index (χ0n) is 17.8. The molecular formula is C21H17F4N6O2+. The largest absolute Gasteiger partial charge is 0.350 e. The number of halogens is 4. The van der Waals surface area contributed by atoms with E-state index in [-0.39, 0.29) is 10.4 Å². The smallest absolute Gasteiger partial charge is 0.350 e. The Bertz CT molecular complexity index is 1240. The van der Waals surface area contributed by atoms with Crippen molar-refractivity contribution in [3.63, 3.8) is 0 Å². The van der Waals surface area contributed by atoms with E-state index < -0.39 is 65.7 Å². The number of amides is 1. The van der Waals surface area contributed by atoms with Gasteiger partial charge in [0.15, 0.2) is 12.2 Å². The lowest BCUT2D eigenvalue weighted by Gasteiger charge is -2.15. The van der Waals surface area contributed by atoms with Crippen molar-refractivity contribution in [2.75, 3.05) is 11.9 Å². The molecule has 8 nitrogen and oxygen atoms in total. The van der Waals surface area contributed by atoms with Crippen molar-refractivity contribution in [1.29, 1.82) is 5.26 Å². The highest BCUT2D eigenvalue weighted by Crippen LogP contribution is 2.26. The predicted octanol–water partition coefficient (Wildman–Crippen LogP) is 2.21. The quantitative estimate of drug-likeness (QED) is 0.269. The Morgan fingerprint density at radius 1 is 1.21 bits per heavy atom. The van der Waals surface area contributed by atoms with Crippen molar-refractivity contribution in [2.45, 2.75) is 18.9 Å². The zero-order chi connectivity index (χ0) is 24.9. The summed E-state index contributed by atoms with van der Waals surface area (Å²) in [6.07, 6.45) is 1.62. The summed E-state index contributed by atoms with van der Waals surface area (Å²) in [5.74, 6) is -7.37. The van der Waals surface area contributed by atoms with Crippen LogP contribution in [0.2, 0.25) is 0 Å². The summed E-state index contributed by atoms with van der Waals surface area (Å²) in [7, 11) is 0. The molecular weight excluding hydrogens is 444 g/mol. The Morgan fingerprint density at radius 3 is 2.64 bits per heavy atom. The van der Waals surface area contributed by atoms with Crippen LogP contribution in [-0.2, 0) is 23.7 Å². The first kappa shape index (κ1) is 21.9. The van der Waals surface area contributed by atoms with Gasteiger partial charge < -0.3 is 10.5 Å². The normalized spacial score (nSPS) is 12.4. The summed E-state index contributed by atoms with van der Waals surface area (Å²) in [6, 6.07) is 8.46. The van der Waals surface area contributed by atoms with Crippen molar-refractivity contribution >= 4 is 11.7 Å². The SMILES string of the molecule is [2H]C(NC(=O)Cc1c(C#N)cc(F)c(NCC(F)(F)c2ccccn2)[n+]1O)c1ncccc1F. The number of anilines is 1. The fourth-order valence-corrected chi connectivity index (χ4v) is 2.78. The first-order valence-corrected chi connectivity index (χ1v) is 9.36. The summed E-state index contributed by atoms with van der Waals surface area (Å²) in [5.41, 5.74) is -1.86. The molecule has 1 atom stereocenters.